The van der Waals surface area contributed by atoms with Crippen LogP contribution in [-0.2, 0) is 12.8 Å². The molecule has 1 aliphatic rings. The summed E-state index contributed by atoms with van der Waals surface area (Å²) >= 11 is 0. The van der Waals surface area contributed by atoms with E-state index in [-0.39, 0.29) is 30.0 Å². The number of aliphatic hydroxyl groups is 2. The lowest BCUT2D eigenvalue weighted by atomic mass is 9.98. The van der Waals surface area contributed by atoms with Gasteiger partial charge in [-0.1, -0.05) is 19.9 Å². The number of benzene rings is 3. The van der Waals surface area contributed by atoms with E-state index in [1.54, 1.807) is 31.1 Å². The van der Waals surface area contributed by atoms with Crippen LogP contribution in [-0.4, -0.2) is 71.9 Å². The molecule has 10 heteroatoms. The highest BCUT2D eigenvalue weighted by molar-refractivity contribution is 6.00. The van der Waals surface area contributed by atoms with Crippen LogP contribution in [0.4, 0.5) is 8.78 Å². The highest BCUT2D eigenvalue weighted by Gasteiger charge is 2.33. The molecular formula is C35H43F2N3O5. The maximum Gasteiger partial charge on any atom is 0.253 e. The Bertz CT molecular complexity index is 1470. The van der Waals surface area contributed by atoms with Crippen molar-refractivity contribution in [3.8, 4) is 5.75 Å². The van der Waals surface area contributed by atoms with Crippen molar-refractivity contribution in [1.29, 1.82) is 0 Å². The van der Waals surface area contributed by atoms with Gasteiger partial charge in [0.1, 0.15) is 17.4 Å². The third kappa shape index (κ3) is 8.65. The van der Waals surface area contributed by atoms with Crippen LogP contribution in [0.3, 0.4) is 0 Å². The molecule has 0 saturated carbocycles. The summed E-state index contributed by atoms with van der Waals surface area (Å²) in [6.07, 6.45) is 0.00894. The third-order valence-corrected chi connectivity index (χ3v) is 8.07. The van der Waals surface area contributed by atoms with Gasteiger partial charge in [-0.3, -0.25) is 9.59 Å². The summed E-state index contributed by atoms with van der Waals surface area (Å²) in [6, 6.07) is 12.1. The first-order valence-corrected chi connectivity index (χ1v) is 15.5. The number of nitrogens with zero attached hydrogens (tertiary/aromatic N) is 1. The van der Waals surface area contributed by atoms with Gasteiger partial charge in [-0.25, -0.2) is 8.78 Å². The first kappa shape index (κ1) is 34.0. The number of aryl methyl sites for hydroxylation is 1. The van der Waals surface area contributed by atoms with Gasteiger partial charge in [0.25, 0.3) is 11.8 Å². The number of hydrogen-bond donors (Lipinski definition) is 4. The number of fused-ring (bicyclic) bond motifs is 1. The number of halogens is 2. The average molecular weight is 624 g/mol. The number of ether oxygens (including phenoxy) is 1. The molecule has 0 radical (unpaired) electrons. The van der Waals surface area contributed by atoms with Crippen molar-refractivity contribution in [2.45, 2.75) is 70.7 Å². The van der Waals surface area contributed by atoms with Crippen LogP contribution in [0.25, 0.3) is 0 Å². The quantitative estimate of drug-likeness (QED) is 0.211. The first-order valence-electron chi connectivity index (χ1n) is 15.5. The van der Waals surface area contributed by atoms with E-state index >= 15 is 0 Å². The minimum absolute atomic E-state index is 0.0400. The minimum atomic E-state index is -1.21. The number of methoxy groups -OCH3 is 1. The normalized spacial score (nSPS) is 17.0. The summed E-state index contributed by atoms with van der Waals surface area (Å²) < 4.78 is 33.5. The second-order valence-electron chi connectivity index (χ2n) is 11.7. The molecule has 4 rings (SSSR count). The third-order valence-electron chi connectivity index (χ3n) is 8.07. The van der Waals surface area contributed by atoms with E-state index < -0.39 is 41.8 Å². The van der Waals surface area contributed by atoms with Gasteiger partial charge in [0, 0.05) is 43.2 Å². The topological polar surface area (TPSA) is 111 Å². The van der Waals surface area contributed by atoms with Crippen molar-refractivity contribution in [1.82, 2.24) is 15.5 Å². The molecule has 0 saturated heterocycles. The predicted molar refractivity (Wildman–Crippen MR) is 168 cm³/mol. The predicted octanol–water partition coefficient (Wildman–Crippen LogP) is 4.49. The highest BCUT2D eigenvalue weighted by atomic mass is 19.1. The molecule has 45 heavy (non-hydrogen) atoms. The van der Waals surface area contributed by atoms with E-state index in [2.05, 4.69) is 10.6 Å². The lowest BCUT2D eigenvalue weighted by Gasteiger charge is -2.27. The van der Waals surface area contributed by atoms with E-state index in [1.807, 2.05) is 32.0 Å². The van der Waals surface area contributed by atoms with Crippen molar-refractivity contribution < 1.29 is 33.3 Å². The molecule has 0 spiro atoms. The smallest absolute Gasteiger partial charge is 0.253 e. The summed E-state index contributed by atoms with van der Waals surface area (Å²) in [6.45, 7) is 6.95. The molecule has 0 unspecified atom stereocenters. The van der Waals surface area contributed by atoms with Gasteiger partial charge in [-0.15, -0.1) is 0 Å². The van der Waals surface area contributed by atoms with Crippen molar-refractivity contribution in [2.75, 3.05) is 26.7 Å². The standard InChI is InChI=1S/C35H43F2N3O5/c1-5-9-40(10-6-2)35(44)25-12-21(3)11-24(16-25)34(43)39-30(15-22-13-26(36)18-27(37)14-22)32(42)20-38-33-29-19-28(45-4)8-7-23(29)17-31(33)41/h7-8,11-14,16,18-19,30-33,38,41-42H,5-6,9-10,15,17,20H2,1-4H3,(H,39,43)/t30-,31-,32+,33+/m0/s1. The summed E-state index contributed by atoms with van der Waals surface area (Å²) in [5, 5.41) is 28.1. The molecule has 0 fully saturated rings. The van der Waals surface area contributed by atoms with E-state index in [9.17, 15) is 28.6 Å². The number of amides is 2. The number of aliphatic hydroxyl groups excluding tert-OH is 2. The molecule has 2 amide bonds. The fourth-order valence-corrected chi connectivity index (χ4v) is 5.95. The molecule has 242 valence electrons. The molecular weight excluding hydrogens is 580 g/mol. The Balaban J connectivity index is 1.56. The number of carbonyl (C=O) groups excluding carboxylic acids is 2. The van der Waals surface area contributed by atoms with Crippen molar-refractivity contribution >= 4 is 11.8 Å². The molecule has 0 aliphatic heterocycles. The van der Waals surface area contributed by atoms with Crippen LogP contribution in [0.1, 0.15) is 75.7 Å². The molecule has 3 aromatic rings. The Kier molecular flexibility index (Phi) is 11.7. The highest BCUT2D eigenvalue weighted by Crippen LogP contribution is 2.34. The van der Waals surface area contributed by atoms with Gasteiger partial charge in [0.2, 0.25) is 0 Å². The van der Waals surface area contributed by atoms with Crippen LogP contribution in [0.5, 0.6) is 5.75 Å². The summed E-state index contributed by atoms with van der Waals surface area (Å²) in [4.78, 5) is 28.7. The maximum atomic E-state index is 14.1. The van der Waals surface area contributed by atoms with Gasteiger partial charge in [0.05, 0.1) is 31.4 Å². The Morgan fingerprint density at radius 3 is 2.31 bits per heavy atom. The number of carbonyl (C=O) groups is 2. The Morgan fingerprint density at radius 2 is 1.67 bits per heavy atom. The van der Waals surface area contributed by atoms with E-state index in [0.717, 1.165) is 42.2 Å². The minimum Gasteiger partial charge on any atom is -0.497 e. The van der Waals surface area contributed by atoms with Crippen molar-refractivity contribution in [3.05, 3.63) is 99.6 Å². The van der Waals surface area contributed by atoms with Crippen molar-refractivity contribution in [3.63, 3.8) is 0 Å². The first-order chi connectivity index (χ1) is 21.5. The molecule has 3 aromatic carbocycles. The van der Waals surface area contributed by atoms with Gasteiger partial charge >= 0.3 is 0 Å². The fraction of sp³-hybridized carbons (Fsp3) is 0.429. The molecule has 4 atom stereocenters. The number of nitrogens with one attached hydrogen (secondary N) is 2. The Hall–Kier alpha value is -3.86. The SMILES string of the molecule is CCCN(CCC)C(=O)c1cc(C)cc(C(=O)N[C@@H](Cc2cc(F)cc(F)c2)[C@H](O)CN[C@@H]2c3cc(OC)ccc3C[C@@H]2O)c1. The largest absolute Gasteiger partial charge is 0.497 e. The van der Waals surface area contributed by atoms with Gasteiger partial charge in [0.15, 0.2) is 0 Å². The number of hydrogen-bond acceptors (Lipinski definition) is 6. The lowest BCUT2D eigenvalue weighted by Crippen LogP contribution is -2.49. The van der Waals surface area contributed by atoms with Gasteiger partial charge < -0.3 is 30.5 Å². The summed E-state index contributed by atoms with van der Waals surface area (Å²) in [5.41, 5.74) is 3.39. The molecule has 4 N–H and O–H groups in total. The van der Waals surface area contributed by atoms with Crippen LogP contribution in [0, 0.1) is 18.6 Å². The van der Waals surface area contributed by atoms with Gasteiger partial charge in [-0.2, -0.15) is 0 Å². The number of rotatable bonds is 14. The second kappa shape index (κ2) is 15.4. The molecule has 8 nitrogen and oxygen atoms in total. The van der Waals surface area contributed by atoms with E-state index in [1.165, 1.54) is 6.07 Å². The summed E-state index contributed by atoms with van der Waals surface area (Å²) in [5.74, 6) is -1.61. The fourth-order valence-electron chi connectivity index (χ4n) is 5.95. The van der Waals surface area contributed by atoms with Crippen molar-refractivity contribution in [2.24, 2.45) is 0 Å². The second-order valence-corrected chi connectivity index (χ2v) is 11.7. The van der Waals surface area contributed by atoms with Crippen LogP contribution >= 0.6 is 0 Å². The van der Waals surface area contributed by atoms with Crippen LogP contribution < -0.4 is 15.4 Å². The van der Waals surface area contributed by atoms with Gasteiger partial charge in [-0.05, 0) is 90.9 Å². The zero-order valence-electron chi connectivity index (χ0n) is 26.3. The average Bonchev–Trinajstić information content (AvgIpc) is 3.31. The zero-order valence-corrected chi connectivity index (χ0v) is 26.3. The van der Waals surface area contributed by atoms with E-state index in [4.69, 9.17) is 4.74 Å². The maximum absolute atomic E-state index is 14.1. The Labute approximate surface area is 263 Å². The Morgan fingerprint density at radius 1 is 1.00 bits per heavy atom. The molecule has 0 heterocycles. The van der Waals surface area contributed by atoms with E-state index in [0.29, 0.717) is 36.4 Å². The summed E-state index contributed by atoms with van der Waals surface area (Å²) in [7, 11) is 1.56. The monoisotopic (exact) mass is 623 g/mol. The zero-order chi connectivity index (χ0) is 32.7. The molecule has 1 aliphatic carbocycles. The molecule has 0 bridgehead atoms. The molecule has 0 aromatic heterocycles. The lowest BCUT2D eigenvalue weighted by molar-refractivity contribution is 0.0755. The van der Waals surface area contributed by atoms with Crippen LogP contribution in [0.2, 0.25) is 0 Å². The van der Waals surface area contributed by atoms with Crippen LogP contribution in [0.15, 0.2) is 54.6 Å².